The topological polar surface area (TPSA) is 59.4 Å². The first kappa shape index (κ1) is 11.5. The zero-order chi connectivity index (χ0) is 12.7. The minimum atomic E-state index is -0.00388. The van der Waals surface area contributed by atoms with Crippen molar-refractivity contribution >= 4 is 5.65 Å². The van der Waals surface area contributed by atoms with E-state index in [9.17, 15) is 4.79 Å². The fraction of sp³-hybridized carbons (Fsp3) is 0.538. The number of H-pyrrole nitrogens is 1. The maximum absolute atomic E-state index is 12.1. The lowest BCUT2D eigenvalue weighted by molar-refractivity contribution is 0.0844. The zero-order valence-corrected chi connectivity index (χ0v) is 10.7. The van der Waals surface area contributed by atoms with Crippen LogP contribution in [0.1, 0.15) is 35.7 Å². The van der Waals surface area contributed by atoms with E-state index >= 15 is 0 Å². The van der Waals surface area contributed by atoms with Crippen LogP contribution >= 0.6 is 0 Å². The summed E-state index contributed by atoms with van der Waals surface area (Å²) in [4.78, 5) is 16.6. The number of aromatic nitrogens is 3. The van der Waals surface area contributed by atoms with Crippen LogP contribution in [-0.2, 0) is 4.74 Å². The number of nitrogens with one attached hydrogen (secondary N) is 1. The van der Waals surface area contributed by atoms with Crippen molar-refractivity contribution in [3.63, 3.8) is 0 Å². The Morgan fingerprint density at radius 3 is 2.83 bits per heavy atom. The first-order chi connectivity index (χ1) is 8.66. The second-order valence-corrected chi connectivity index (χ2v) is 4.92. The number of hydrogen-bond donors (Lipinski definition) is 1. The Bertz CT molecular complexity index is 635. The van der Waals surface area contributed by atoms with Gasteiger partial charge in [0.15, 0.2) is 5.65 Å². The molecule has 1 aliphatic rings. The Morgan fingerprint density at radius 2 is 2.11 bits per heavy atom. The number of aromatic amines is 1. The lowest BCUT2D eigenvalue weighted by atomic mass is 9.97. The number of aryl methyl sites for hydroxylation is 1. The van der Waals surface area contributed by atoms with Crippen molar-refractivity contribution in [2.24, 2.45) is 0 Å². The highest BCUT2D eigenvalue weighted by Crippen LogP contribution is 2.25. The van der Waals surface area contributed by atoms with E-state index in [0.29, 0.717) is 17.1 Å². The molecule has 96 valence electrons. The van der Waals surface area contributed by atoms with E-state index in [2.05, 4.69) is 10.1 Å². The molecular formula is C13H17N3O2. The second kappa shape index (κ2) is 4.24. The highest BCUT2D eigenvalue weighted by molar-refractivity contribution is 5.42. The van der Waals surface area contributed by atoms with Crippen molar-refractivity contribution in [2.45, 2.75) is 32.6 Å². The predicted octanol–water partition coefficient (Wildman–Crippen LogP) is 1.53. The van der Waals surface area contributed by atoms with Crippen LogP contribution in [0.2, 0.25) is 0 Å². The molecule has 0 atom stereocenters. The highest BCUT2D eigenvalue weighted by atomic mass is 16.5. The molecule has 0 aromatic carbocycles. The number of hydrogen-bond acceptors (Lipinski definition) is 3. The Kier molecular flexibility index (Phi) is 2.70. The van der Waals surface area contributed by atoms with E-state index in [1.54, 1.807) is 4.52 Å². The largest absolute Gasteiger partial charge is 0.381 e. The fourth-order valence-corrected chi connectivity index (χ4v) is 2.46. The molecule has 0 saturated carbocycles. The van der Waals surface area contributed by atoms with E-state index in [4.69, 9.17) is 4.74 Å². The summed E-state index contributed by atoms with van der Waals surface area (Å²) in [6.45, 7) is 5.27. The molecule has 3 heterocycles. The third kappa shape index (κ3) is 1.75. The van der Waals surface area contributed by atoms with Gasteiger partial charge in [-0.1, -0.05) is 0 Å². The number of fused-ring (bicyclic) bond motifs is 1. The summed E-state index contributed by atoms with van der Waals surface area (Å²) in [5, 5.41) is 3.19. The summed E-state index contributed by atoms with van der Waals surface area (Å²) in [7, 11) is 0. The van der Waals surface area contributed by atoms with E-state index in [1.165, 1.54) is 0 Å². The van der Waals surface area contributed by atoms with Gasteiger partial charge in [-0.25, -0.2) is 9.50 Å². The van der Waals surface area contributed by atoms with Gasteiger partial charge in [0.25, 0.3) is 5.56 Å². The summed E-state index contributed by atoms with van der Waals surface area (Å²) in [5.41, 5.74) is 3.30. The first-order valence-corrected chi connectivity index (χ1v) is 6.33. The summed E-state index contributed by atoms with van der Waals surface area (Å²) in [6, 6.07) is 1.99. The maximum Gasteiger partial charge on any atom is 0.275 e. The standard InChI is InChI=1S/C13H17N3O2/c1-8-9(2)14-12-7-11(15-16(12)13(8)17)10-3-5-18-6-4-10/h7,10,15H,3-6H2,1-2H3. The molecule has 0 radical (unpaired) electrons. The first-order valence-electron chi connectivity index (χ1n) is 6.33. The van der Waals surface area contributed by atoms with Gasteiger partial charge in [-0.05, 0) is 26.7 Å². The molecule has 18 heavy (non-hydrogen) atoms. The van der Waals surface area contributed by atoms with Crippen molar-refractivity contribution in [3.8, 4) is 0 Å². The molecule has 0 bridgehead atoms. The molecule has 1 fully saturated rings. The third-order valence-electron chi connectivity index (χ3n) is 3.76. The van der Waals surface area contributed by atoms with E-state index in [-0.39, 0.29) is 5.56 Å². The van der Waals surface area contributed by atoms with Gasteiger partial charge in [0.1, 0.15) is 0 Å². The van der Waals surface area contributed by atoms with Gasteiger partial charge in [0.05, 0.1) is 0 Å². The molecule has 5 nitrogen and oxygen atoms in total. The van der Waals surface area contributed by atoms with Crippen LogP contribution in [-0.4, -0.2) is 27.8 Å². The number of nitrogens with zero attached hydrogens (tertiary/aromatic N) is 2. The molecule has 0 spiro atoms. The van der Waals surface area contributed by atoms with Crippen molar-refractivity contribution in [1.29, 1.82) is 0 Å². The summed E-state index contributed by atoms with van der Waals surface area (Å²) in [6.07, 6.45) is 2.00. The highest BCUT2D eigenvalue weighted by Gasteiger charge is 2.19. The van der Waals surface area contributed by atoms with Gasteiger partial charge in [0.2, 0.25) is 0 Å². The number of ether oxygens (including phenoxy) is 1. The number of rotatable bonds is 1. The Hall–Kier alpha value is -1.62. The van der Waals surface area contributed by atoms with Crippen molar-refractivity contribution in [1.82, 2.24) is 14.6 Å². The second-order valence-electron chi connectivity index (χ2n) is 4.92. The molecule has 2 aromatic heterocycles. The minimum Gasteiger partial charge on any atom is -0.381 e. The van der Waals surface area contributed by atoms with Crippen LogP contribution in [0.25, 0.3) is 5.65 Å². The van der Waals surface area contributed by atoms with Crippen LogP contribution in [0.5, 0.6) is 0 Å². The molecule has 0 amide bonds. The van der Waals surface area contributed by atoms with Crippen LogP contribution in [0.3, 0.4) is 0 Å². The van der Waals surface area contributed by atoms with Crippen molar-refractivity contribution in [2.75, 3.05) is 13.2 Å². The van der Waals surface area contributed by atoms with Gasteiger partial charge in [-0.2, -0.15) is 0 Å². The predicted molar refractivity (Wildman–Crippen MR) is 68.1 cm³/mol. The average molecular weight is 247 g/mol. The van der Waals surface area contributed by atoms with Crippen LogP contribution in [0.4, 0.5) is 0 Å². The monoisotopic (exact) mass is 247 g/mol. The van der Waals surface area contributed by atoms with Gasteiger partial charge >= 0.3 is 0 Å². The Labute approximate surface area is 105 Å². The molecule has 0 unspecified atom stereocenters. The summed E-state index contributed by atoms with van der Waals surface area (Å²) in [5.74, 6) is 0.445. The minimum absolute atomic E-state index is 0.00388. The van der Waals surface area contributed by atoms with Gasteiger partial charge in [-0.15, -0.1) is 0 Å². The van der Waals surface area contributed by atoms with Crippen LogP contribution < -0.4 is 5.56 Å². The van der Waals surface area contributed by atoms with Crippen molar-refractivity contribution < 1.29 is 4.74 Å². The molecule has 1 aliphatic heterocycles. The molecule has 1 N–H and O–H groups in total. The Morgan fingerprint density at radius 1 is 1.39 bits per heavy atom. The van der Waals surface area contributed by atoms with Crippen LogP contribution in [0.15, 0.2) is 10.9 Å². The normalized spacial score (nSPS) is 17.4. The smallest absolute Gasteiger partial charge is 0.275 e. The van der Waals surface area contributed by atoms with Crippen molar-refractivity contribution in [3.05, 3.63) is 33.4 Å². The lowest BCUT2D eigenvalue weighted by Gasteiger charge is -2.20. The van der Waals surface area contributed by atoms with Crippen LogP contribution in [0, 0.1) is 13.8 Å². The molecular weight excluding hydrogens is 230 g/mol. The maximum atomic E-state index is 12.1. The summed E-state index contributed by atoms with van der Waals surface area (Å²) < 4.78 is 6.91. The van der Waals surface area contributed by atoms with Gasteiger partial charge in [0, 0.05) is 42.1 Å². The molecule has 1 saturated heterocycles. The molecule has 3 rings (SSSR count). The van der Waals surface area contributed by atoms with E-state index < -0.39 is 0 Å². The Balaban J connectivity index is 2.10. The molecule has 0 aliphatic carbocycles. The summed E-state index contributed by atoms with van der Waals surface area (Å²) >= 11 is 0. The van der Waals surface area contributed by atoms with Gasteiger partial charge in [-0.3, -0.25) is 9.89 Å². The lowest BCUT2D eigenvalue weighted by Crippen LogP contribution is -2.20. The van der Waals surface area contributed by atoms with E-state index in [1.807, 2.05) is 19.9 Å². The van der Waals surface area contributed by atoms with Gasteiger partial charge < -0.3 is 4.74 Å². The average Bonchev–Trinajstić information content (AvgIpc) is 2.81. The molecule has 2 aromatic rings. The van der Waals surface area contributed by atoms with E-state index in [0.717, 1.165) is 37.4 Å². The third-order valence-corrected chi connectivity index (χ3v) is 3.76. The fourth-order valence-electron chi connectivity index (χ4n) is 2.46. The molecule has 5 heteroatoms. The zero-order valence-electron chi connectivity index (χ0n) is 10.7. The quantitative estimate of drug-likeness (QED) is 0.831. The SMILES string of the molecule is Cc1nc2cc(C3CCOCC3)[nH]n2c(=O)c1C.